The van der Waals surface area contributed by atoms with Crippen molar-refractivity contribution in [2.75, 3.05) is 25.2 Å². The van der Waals surface area contributed by atoms with Gasteiger partial charge in [0.15, 0.2) is 0 Å². The fraction of sp³-hybridized carbons (Fsp3) is 0.222. The van der Waals surface area contributed by atoms with Crippen LogP contribution in [0.15, 0.2) is 103 Å². The predicted octanol–water partition coefficient (Wildman–Crippen LogP) is 8.97. The normalized spacial score (nSPS) is 10.7. The molecule has 4 aromatic rings. The van der Waals surface area contributed by atoms with E-state index in [1.807, 2.05) is 54.6 Å². The van der Waals surface area contributed by atoms with Crippen LogP contribution in [-0.2, 0) is 14.3 Å². The summed E-state index contributed by atoms with van der Waals surface area (Å²) in [5, 5.41) is 0. The number of methoxy groups -OCH3 is 1. The van der Waals surface area contributed by atoms with E-state index in [4.69, 9.17) is 18.9 Å². The standard InChI is InChI=1S/C36H37NO6/c1-28(38)41-24-8-3-4-9-25-42-36(39)43-35-17-11-15-33(27-35)37(32-14-10-16-34(26-32)40-2)31-22-20-30(21-23-31)19-18-29-12-6-5-7-13-29/h5-7,10-23,26-27H,3-4,8-9,24-25H2,1-2H3. The van der Waals surface area contributed by atoms with Gasteiger partial charge in [0.2, 0.25) is 0 Å². The Bertz CT molecular complexity index is 1480. The highest BCUT2D eigenvalue weighted by molar-refractivity contribution is 5.79. The van der Waals surface area contributed by atoms with Crippen molar-refractivity contribution < 1.29 is 28.5 Å². The number of esters is 1. The van der Waals surface area contributed by atoms with E-state index in [1.165, 1.54) is 6.92 Å². The molecule has 0 saturated carbocycles. The van der Waals surface area contributed by atoms with Crippen molar-refractivity contribution in [3.63, 3.8) is 0 Å². The summed E-state index contributed by atoms with van der Waals surface area (Å²) in [5.41, 5.74) is 4.83. The summed E-state index contributed by atoms with van der Waals surface area (Å²) in [7, 11) is 1.64. The van der Waals surface area contributed by atoms with Crippen molar-refractivity contribution in [1.29, 1.82) is 0 Å². The van der Waals surface area contributed by atoms with Crippen LogP contribution in [0.25, 0.3) is 12.2 Å². The van der Waals surface area contributed by atoms with Gasteiger partial charge >= 0.3 is 12.1 Å². The number of carbonyl (C=O) groups excluding carboxylic acids is 2. The van der Waals surface area contributed by atoms with E-state index in [-0.39, 0.29) is 12.6 Å². The van der Waals surface area contributed by atoms with Crippen LogP contribution >= 0.6 is 0 Å². The molecule has 0 atom stereocenters. The molecular formula is C36H37NO6. The van der Waals surface area contributed by atoms with Crippen LogP contribution < -0.4 is 14.4 Å². The summed E-state index contributed by atoms with van der Waals surface area (Å²) in [6.07, 6.45) is 6.65. The summed E-state index contributed by atoms with van der Waals surface area (Å²) < 4.78 is 21.2. The maximum Gasteiger partial charge on any atom is 0.513 e. The monoisotopic (exact) mass is 579 g/mol. The Morgan fingerprint density at radius 1 is 0.628 bits per heavy atom. The first-order chi connectivity index (χ1) is 21.0. The van der Waals surface area contributed by atoms with Crippen molar-refractivity contribution in [2.24, 2.45) is 0 Å². The third kappa shape index (κ3) is 10.1. The maximum atomic E-state index is 12.4. The van der Waals surface area contributed by atoms with Gasteiger partial charge in [0.25, 0.3) is 0 Å². The highest BCUT2D eigenvalue weighted by Gasteiger charge is 2.15. The van der Waals surface area contributed by atoms with Crippen LogP contribution in [0.1, 0.15) is 43.7 Å². The Kier molecular flexibility index (Phi) is 11.8. The third-order valence-corrected chi connectivity index (χ3v) is 6.57. The lowest BCUT2D eigenvalue weighted by molar-refractivity contribution is -0.141. The Balaban J connectivity index is 1.44. The van der Waals surface area contributed by atoms with E-state index in [9.17, 15) is 9.59 Å². The van der Waals surface area contributed by atoms with Gasteiger partial charge in [-0.05, 0) is 73.2 Å². The molecule has 0 aliphatic rings. The third-order valence-electron chi connectivity index (χ3n) is 6.57. The molecule has 0 saturated heterocycles. The number of anilines is 3. The molecule has 0 spiro atoms. The highest BCUT2D eigenvalue weighted by Crippen LogP contribution is 2.37. The first-order valence-corrected chi connectivity index (χ1v) is 14.4. The van der Waals surface area contributed by atoms with Crippen molar-refractivity contribution >= 4 is 41.3 Å². The van der Waals surface area contributed by atoms with Crippen molar-refractivity contribution in [3.05, 3.63) is 114 Å². The second-order valence-corrected chi connectivity index (χ2v) is 9.82. The molecule has 0 heterocycles. The van der Waals surface area contributed by atoms with E-state index in [0.717, 1.165) is 53.2 Å². The molecule has 4 rings (SSSR count). The van der Waals surface area contributed by atoms with Gasteiger partial charge in [-0.3, -0.25) is 4.79 Å². The molecule has 0 aliphatic carbocycles. The number of hydrogen-bond acceptors (Lipinski definition) is 7. The van der Waals surface area contributed by atoms with E-state index in [1.54, 1.807) is 19.2 Å². The zero-order valence-corrected chi connectivity index (χ0v) is 24.6. The fourth-order valence-corrected chi connectivity index (χ4v) is 4.43. The van der Waals surface area contributed by atoms with Crippen LogP contribution in [0, 0.1) is 0 Å². The second kappa shape index (κ2) is 16.4. The van der Waals surface area contributed by atoms with Gasteiger partial charge in [-0.1, -0.05) is 66.7 Å². The summed E-state index contributed by atoms with van der Waals surface area (Å²) >= 11 is 0. The molecular weight excluding hydrogens is 542 g/mol. The highest BCUT2D eigenvalue weighted by atomic mass is 16.7. The number of hydrogen-bond donors (Lipinski definition) is 0. The second-order valence-electron chi connectivity index (χ2n) is 9.82. The van der Waals surface area contributed by atoms with Gasteiger partial charge < -0.3 is 23.8 Å². The van der Waals surface area contributed by atoms with Crippen LogP contribution in [0.2, 0.25) is 0 Å². The van der Waals surface area contributed by atoms with E-state index < -0.39 is 6.16 Å². The minimum Gasteiger partial charge on any atom is -0.497 e. The lowest BCUT2D eigenvalue weighted by Crippen LogP contribution is -2.13. The lowest BCUT2D eigenvalue weighted by atomic mass is 10.1. The van der Waals surface area contributed by atoms with Crippen LogP contribution in [0.3, 0.4) is 0 Å². The van der Waals surface area contributed by atoms with Gasteiger partial charge in [0.1, 0.15) is 11.5 Å². The van der Waals surface area contributed by atoms with Crippen LogP contribution in [0.4, 0.5) is 21.9 Å². The smallest absolute Gasteiger partial charge is 0.497 e. The van der Waals surface area contributed by atoms with Crippen LogP contribution in [0.5, 0.6) is 11.5 Å². The molecule has 7 nitrogen and oxygen atoms in total. The summed E-state index contributed by atoms with van der Waals surface area (Å²) in [6.45, 7) is 2.07. The Morgan fingerprint density at radius 3 is 1.84 bits per heavy atom. The molecule has 0 fully saturated rings. The molecule has 0 amide bonds. The van der Waals surface area contributed by atoms with Crippen LogP contribution in [-0.4, -0.2) is 32.4 Å². The topological polar surface area (TPSA) is 74.3 Å². The van der Waals surface area contributed by atoms with E-state index in [2.05, 4.69) is 53.5 Å². The quantitative estimate of drug-likeness (QED) is 0.0639. The Hall–Kier alpha value is -5.04. The molecule has 0 N–H and O–H groups in total. The molecule has 0 unspecified atom stereocenters. The largest absolute Gasteiger partial charge is 0.513 e. The SMILES string of the molecule is COc1cccc(N(c2ccc(C=Cc3ccccc3)cc2)c2cccc(OC(=O)OCCCCCCOC(C)=O)c2)c1. The minimum atomic E-state index is -0.750. The van der Waals surface area contributed by atoms with Crippen molar-refractivity contribution in [3.8, 4) is 11.5 Å². The van der Waals surface area contributed by atoms with Gasteiger partial charge in [-0.2, -0.15) is 0 Å². The molecule has 4 aromatic carbocycles. The number of unbranched alkanes of at least 4 members (excludes halogenated alkanes) is 3. The van der Waals surface area contributed by atoms with E-state index >= 15 is 0 Å². The van der Waals surface area contributed by atoms with Crippen molar-refractivity contribution in [1.82, 2.24) is 0 Å². The average Bonchev–Trinajstić information content (AvgIpc) is 3.03. The number of rotatable bonds is 14. The van der Waals surface area contributed by atoms with Crippen molar-refractivity contribution in [2.45, 2.75) is 32.6 Å². The summed E-state index contributed by atoms with van der Waals surface area (Å²) in [5.74, 6) is 0.832. The van der Waals surface area contributed by atoms with E-state index in [0.29, 0.717) is 18.8 Å². The number of carbonyl (C=O) groups is 2. The van der Waals surface area contributed by atoms with Gasteiger partial charge in [0.05, 0.1) is 20.3 Å². The zero-order valence-electron chi connectivity index (χ0n) is 24.6. The van der Waals surface area contributed by atoms with Gasteiger partial charge in [-0.25, -0.2) is 4.79 Å². The molecule has 43 heavy (non-hydrogen) atoms. The Morgan fingerprint density at radius 2 is 1.21 bits per heavy atom. The number of benzene rings is 4. The molecule has 0 radical (unpaired) electrons. The molecule has 7 heteroatoms. The summed E-state index contributed by atoms with van der Waals surface area (Å²) in [6, 6.07) is 33.5. The molecule has 222 valence electrons. The number of nitrogens with zero attached hydrogens (tertiary/aromatic N) is 1. The number of ether oxygens (including phenoxy) is 4. The fourth-order valence-electron chi connectivity index (χ4n) is 4.43. The molecule has 0 bridgehead atoms. The molecule has 0 aliphatic heterocycles. The first-order valence-electron chi connectivity index (χ1n) is 14.4. The Labute approximate surface area is 253 Å². The van der Waals surface area contributed by atoms with Gasteiger partial charge in [-0.15, -0.1) is 0 Å². The molecule has 0 aromatic heterocycles. The van der Waals surface area contributed by atoms with Gasteiger partial charge in [0, 0.05) is 36.1 Å². The predicted molar refractivity (Wildman–Crippen MR) is 170 cm³/mol. The summed E-state index contributed by atoms with van der Waals surface area (Å²) in [4.78, 5) is 25.3. The average molecular weight is 580 g/mol. The minimum absolute atomic E-state index is 0.257. The zero-order chi connectivity index (χ0) is 30.3. The maximum absolute atomic E-state index is 12.4. The lowest BCUT2D eigenvalue weighted by Gasteiger charge is -2.26. The first kappa shape index (κ1) is 30.9.